The zero-order valence-electron chi connectivity index (χ0n) is 26.3. The first kappa shape index (κ1) is 33.9. The van der Waals surface area contributed by atoms with Gasteiger partial charge in [-0.1, -0.05) is 50.0 Å². The van der Waals surface area contributed by atoms with Crippen molar-refractivity contribution in [3.63, 3.8) is 0 Å². The Balaban J connectivity index is 1.27. The van der Waals surface area contributed by atoms with Crippen LogP contribution in [0.5, 0.6) is 5.75 Å². The molecular weight excluding hydrogens is 601 g/mol. The van der Waals surface area contributed by atoms with Gasteiger partial charge in [0.25, 0.3) is 5.56 Å². The largest absolute Gasteiger partial charge is 0.494 e. The minimum atomic E-state index is -0.472. The maximum absolute atomic E-state index is 13.0. The maximum atomic E-state index is 13.0. The van der Waals surface area contributed by atoms with Gasteiger partial charge in [0.15, 0.2) is 6.73 Å². The van der Waals surface area contributed by atoms with Crippen LogP contribution in [0.15, 0.2) is 53.3 Å². The molecule has 3 aromatic rings. The summed E-state index contributed by atoms with van der Waals surface area (Å²) in [5.74, 6) is 0.950. The summed E-state index contributed by atoms with van der Waals surface area (Å²) in [4.78, 5) is 30.6. The van der Waals surface area contributed by atoms with E-state index in [1.54, 1.807) is 11.1 Å². The van der Waals surface area contributed by atoms with Crippen molar-refractivity contribution in [1.82, 2.24) is 19.5 Å². The molecule has 1 fully saturated rings. The Bertz CT molecular complexity index is 1440. The molecule has 1 saturated heterocycles. The van der Waals surface area contributed by atoms with E-state index in [-0.39, 0.29) is 18.2 Å². The van der Waals surface area contributed by atoms with Gasteiger partial charge in [-0.15, -0.1) is 0 Å². The van der Waals surface area contributed by atoms with E-state index in [1.807, 2.05) is 48.5 Å². The number of halogens is 2. The average molecular weight is 647 g/mol. The fourth-order valence-electron chi connectivity index (χ4n) is 5.41. The van der Waals surface area contributed by atoms with Crippen molar-refractivity contribution in [2.45, 2.75) is 46.8 Å². The molecule has 44 heavy (non-hydrogen) atoms. The van der Waals surface area contributed by atoms with E-state index in [4.69, 9.17) is 32.7 Å². The summed E-state index contributed by atoms with van der Waals surface area (Å²) in [5, 5.41) is 5.55. The highest BCUT2D eigenvalue weighted by atomic mass is 35.5. The number of benzene rings is 2. The second-order valence-corrected chi connectivity index (χ2v) is 12.5. The number of pyridine rings is 1. The van der Waals surface area contributed by atoms with Crippen molar-refractivity contribution >= 4 is 45.9 Å². The van der Waals surface area contributed by atoms with E-state index >= 15 is 0 Å². The van der Waals surface area contributed by atoms with Crippen LogP contribution in [0.2, 0.25) is 10.0 Å². The molecule has 0 radical (unpaired) electrons. The third-order valence-corrected chi connectivity index (χ3v) is 8.58. The van der Waals surface area contributed by atoms with Gasteiger partial charge in [-0.2, -0.15) is 0 Å². The van der Waals surface area contributed by atoms with E-state index in [9.17, 15) is 9.59 Å². The van der Waals surface area contributed by atoms with Gasteiger partial charge in [-0.25, -0.2) is 14.8 Å². The topological polar surface area (TPSA) is 70.5 Å². The molecule has 0 unspecified atom stereocenters. The lowest BCUT2D eigenvalue weighted by molar-refractivity contribution is -0.0218. The van der Waals surface area contributed by atoms with Crippen LogP contribution in [-0.2, 0) is 11.5 Å². The molecule has 9 nitrogen and oxygen atoms in total. The Morgan fingerprint density at radius 2 is 1.77 bits per heavy atom. The SMILES string of the molecule is CCCN(C)N(CC(C)C)C(=O)OCn1c(=O)ccc2ccc(OCCCCN3CCN(c4cccc(Cl)c4Cl)CC3)cc21. The standard InChI is InChI=1S/C33H45Cl2N5O4/c1-5-15-36(4)40(23-25(2)3)33(42)44-24-39-30-22-27(13-11-26(30)12-14-31(39)41)43-21-7-6-16-37-17-19-38(20-18-37)29-10-8-9-28(34)32(29)35/h8-14,22,25H,5-7,15-21,23-24H2,1-4H3. The number of ether oxygens (including phenoxy) is 2. The van der Waals surface area contributed by atoms with Crippen molar-refractivity contribution in [1.29, 1.82) is 0 Å². The maximum Gasteiger partial charge on any atom is 0.426 e. The van der Waals surface area contributed by atoms with Gasteiger partial charge in [0.05, 0.1) is 27.9 Å². The number of carbonyl (C=O) groups is 1. The Morgan fingerprint density at radius 3 is 2.50 bits per heavy atom. The second kappa shape index (κ2) is 16.4. The molecule has 0 atom stereocenters. The van der Waals surface area contributed by atoms with E-state index in [0.29, 0.717) is 34.5 Å². The third kappa shape index (κ3) is 9.03. The molecule has 11 heteroatoms. The number of hydrazine groups is 1. The molecule has 1 amide bonds. The minimum Gasteiger partial charge on any atom is -0.494 e. The molecule has 0 spiro atoms. The first-order chi connectivity index (χ1) is 21.2. The highest BCUT2D eigenvalue weighted by Crippen LogP contribution is 2.33. The molecule has 0 bridgehead atoms. The minimum absolute atomic E-state index is 0.177. The molecule has 2 aromatic carbocycles. The van der Waals surface area contributed by atoms with Gasteiger partial charge in [-0.05, 0) is 67.4 Å². The quantitative estimate of drug-likeness (QED) is 0.145. The summed E-state index contributed by atoms with van der Waals surface area (Å²) >= 11 is 12.6. The van der Waals surface area contributed by atoms with E-state index in [1.165, 1.54) is 10.6 Å². The van der Waals surface area contributed by atoms with Crippen LogP contribution in [0.1, 0.15) is 40.0 Å². The van der Waals surface area contributed by atoms with Crippen molar-refractivity contribution in [3.05, 3.63) is 68.9 Å². The summed E-state index contributed by atoms with van der Waals surface area (Å²) in [7, 11) is 1.87. The molecule has 2 heterocycles. The number of piperazine rings is 1. The Kier molecular flexibility index (Phi) is 12.6. The number of carbonyl (C=O) groups excluding carboxylic acids is 1. The molecule has 0 aliphatic carbocycles. The van der Waals surface area contributed by atoms with Crippen LogP contribution in [0.4, 0.5) is 10.5 Å². The molecule has 0 N–H and O–H groups in total. The first-order valence-electron chi connectivity index (χ1n) is 15.5. The average Bonchev–Trinajstić information content (AvgIpc) is 3.00. The smallest absolute Gasteiger partial charge is 0.426 e. The van der Waals surface area contributed by atoms with E-state index in [0.717, 1.165) is 69.6 Å². The normalized spacial score (nSPS) is 14.0. The number of hydrogen-bond acceptors (Lipinski definition) is 7. The van der Waals surface area contributed by atoms with Gasteiger partial charge in [-0.3, -0.25) is 14.3 Å². The summed E-state index contributed by atoms with van der Waals surface area (Å²) in [6, 6.07) is 14.7. The van der Waals surface area contributed by atoms with Gasteiger partial charge >= 0.3 is 6.09 Å². The number of aromatic nitrogens is 1. The summed E-state index contributed by atoms with van der Waals surface area (Å²) in [5.41, 5.74) is 1.43. The van der Waals surface area contributed by atoms with Gasteiger partial charge in [0.2, 0.25) is 0 Å². The van der Waals surface area contributed by atoms with E-state index < -0.39 is 6.09 Å². The van der Waals surface area contributed by atoms with Crippen LogP contribution in [0.25, 0.3) is 10.9 Å². The Hall–Kier alpha value is -2.98. The molecule has 1 aromatic heterocycles. The van der Waals surface area contributed by atoms with Crippen molar-refractivity contribution in [2.75, 3.05) is 64.4 Å². The molecular formula is C33H45Cl2N5O4. The number of unbranched alkanes of at least 4 members (excludes halogenated alkanes) is 1. The zero-order chi connectivity index (χ0) is 31.6. The van der Waals surface area contributed by atoms with Crippen molar-refractivity contribution < 1.29 is 14.3 Å². The van der Waals surface area contributed by atoms with Crippen LogP contribution in [-0.4, -0.2) is 85.0 Å². The fraction of sp³-hybridized carbons (Fsp3) is 0.515. The third-order valence-electron chi connectivity index (χ3n) is 7.77. The van der Waals surface area contributed by atoms with E-state index in [2.05, 4.69) is 30.6 Å². The summed E-state index contributed by atoms with van der Waals surface area (Å²) < 4.78 is 13.2. The van der Waals surface area contributed by atoms with Crippen molar-refractivity contribution in [2.24, 2.45) is 5.92 Å². The zero-order valence-corrected chi connectivity index (χ0v) is 27.8. The molecule has 1 aliphatic rings. The number of nitrogens with zero attached hydrogens (tertiary/aromatic N) is 5. The molecule has 4 rings (SSSR count). The fourth-order valence-corrected chi connectivity index (χ4v) is 5.82. The van der Waals surface area contributed by atoms with Gasteiger partial charge < -0.3 is 14.4 Å². The lowest BCUT2D eigenvalue weighted by Crippen LogP contribution is -2.47. The number of amides is 1. The number of hydrogen-bond donors (Lipinski definition) is 0. The first-order valence-corrected chi connectivity index (χ1v) is 16.3. The van der Waals surface area contributed by atoms with Crippen LogP contribution in [0, 0.1) is 5.92 Å². The van der Waals surface area contributed by atoms with Gasteiger partial charge in [0, 0.05) is 58.4 Å². The number of fused-ring (bicyclic) bond motifs is 1. The Morgan fingerprint density at radius 1 is 1.02 bits per heavy atom. The number of anilines is 1. The van der Waals surface area contributed by atoms with Crippen LogP contribution >= 0.6 is 23.2 Å². The van der Waals surface area contributed by atoms with Crippen molar-refractivity contribution in [3.8, 4) is 5.75 Å². The predicted molar refractivity (Wildman–Crippen MR) is 179 cm³/mol. The monoisotopic (exact) mass is 645 g/mol. The summed E-state index contributed by atoms with van der Waals surface area (Å²) in [6.45, 7) is 12.6. The highest BCUT2D eigenvalue weighted by Gasteiger charge is 2.22. The molecule has 1 aliphatic heterocycles. The second-order valence-electron chi connectivity index (χ2n) is 11.7. The Labute approximate surface area is 270 Å². The molecule has 240 valence electrons. The van der Waals surface area contributed by atoms with Crippen LogP contribution in [0.3, 0.4) is 0 Å². The lowest BCUT2D eigenvalue weighted by Gasteiger charge is -2.36. The van der Waals surface area contributed by atoms with Gasteiger partial charge in [0.1, 0.15) is 5.75 Å². The molecule has 0 saturated carbocycles. The summed E-state index contributed by atoms with van der Waals surface area (Å²) in [6.07, 6.45) is 2.36. The predicted octanol–water partition coefficient (Wildman–Crippen LogP) is 6.60. The van der Waals surface area contributed by atoms with Crippen LogP contribution < -0.4 is 15.2 Å². The number of rotatable bonds is 14. The highest BCUT2D eigenvalue weighted by molar-refractivity contribution is 6.43. The lowest BCUT2D eigenvalue weighted by atomic mass is 10.2.